The number of hydrogen-bond donors (Lipinski definition) is 0. The van der Waals surface area contributed by atoms with Crippen molar-refractivity contribution in [3.05, 3.63) is 510 Å². The standard InChI is InChI=1S/3C44H28O/c1-2-12-29(13-3-1)30-14-10-16-33(26-30)43-36-19-4-6-21-38(36)44(39-22-7-5-20-37(39)43)34-17-11-15-31(27-34)32-24-25-42-40(28-32)35-18-8-9-23-41(35)45-42;1-2-13-29(14-3-1)30-15-12-16-32(27-30)43-36-20-6-8-22-38(36)44(39-23-9-7-21-37(39)43)35-19-5-4-17-33(35)31-25-26-42-40(28-31)34-18-10-11-24-41(34)45-42;1-2-12-29(13-3-1)30-22-24-31(25-23-30)43-36-17-6-8-19-38(36)44(39-20-9-7-18-37(39)43)35-16-5-4-14-33(35)32-26-27-42-40(28-32)34-15-10-11-21-41(34)45-42/h3*1-28H. The quantitative estimate of drug-likeness (QED) is 0.114. The Hall–Kier alpha value is -17.8. The molecule has 27 rings (SSSR count). The van der Waals surface area contributed by atoms with Crippen LogP contribution in [0.25, 0.3) is 264 Å². The third-order valence-corrected chi connectivity index (χ3v) is 27.2. The first-order valence-corrected chi connectivity index (χ1v) is 46.3. The van der Waals surface area contributed by atoms with E-state index in [0.717, 1.165) is 65.8 Å². The molecular formula is C132H84O3. The third-order valence-electron chi connectivity index (χ3n) is 27.2. The topological polar surface area (TPSA) is 39.4 Å². The van der Waals surface area contributed by atoms with Crippen molar-refractivity contribution in [1.82, 2.24) is 0 Å². The Balaban J connectivity index is 0.000000108. The molecule has 0 spiro atoms. The summed E-state index contributed by atoms with van der Waals surface area (Å²) in [6, 6.07) is 183. The van der Waals surface area contributed by atoms with Gasteiger partial charge >= 0.3 is 0 Å². The van der Waals surface area contributed by atoms with Crippen molar-refractivity contribution >= 4 is 130 Å². The number of furan rings is 3. The Morgan fingerprint density at radius 3 is 0.593 bits per heavy atom. The number of para-hydroxylation sites is 3. The molecule has 0 aliphatic heterocycles. The Morgan fingerprint density at radius 2 is 0.274 bits per heavy atom. The van der Waals surface area contributed by atoms with E-state index in [9.17, 15) is 0 Å². The maximum atomic E-state index is 6.17. The van der Waals surface area contributed by atoms with Gasteiger partial charge < -0.3 is 13.3 Å². The summed E-state index contributed by atoms with van der Waals surface area (Å²) in [5.74, 6) is 0. The molecule has 0 unspecified atom stereocenters. The summed E-state index contributed by atoms with van der Waals surface area (Å²) in [6.45, 7) is 0. The Labute approximate surface area is 781 Å². The summed E-state index contributed by atoms with van der Waals surface area (Å²) in [5.41, 5.74) is 34.9. The zero-order valence-electron chi connectivity index (χ0n) is 73.7. The highest BCUT2D eigenvalue weighted by Gasteiger charge is 2.25. The lowest BCUT2D eigenvalue weighted by molar-refractivity contribution is 0.668. The largest absolute Gasteiger partial charge is 0.456 e. The van der Waals surface area contributed by atoms with Gasteiger partial charge in [-0.15, -0.1) is 0 Å². The van der Waals surface area contributed by atoms with Gasteiger partial charge in [0.1, 0.15) is 33.5 Å². The zero-order valence-corrected chi connectivity index (χ0v) is 73.7. The molecule has 0 amide bonds. The van der Waals surface area contributed by atoms with Crippen molar-refractivity contribution in [2.24, 2.45) is 0 Å². The average Bonchev–Trinajstić information content (AvgIpc) is 1.70. The molecule has 0 atom stereocenters. The fourth-order valence-electron chi connectivity index (χ4n) is 21.1. The van der Waals surface area contributed by atoms with E-state index >= 15 is 0 Å². The van der Waals surface area contributed by atoms with Crippen LogP contribution in [0.4, 0.5) is 0 Å². The Morgan fingerprint density at radius 1 is 0.0889 bits per heavy atom. The molecule has 0 radical (unpaired) electrons. The molecule has 3 heteroatoms. The van der Waals surface area contributed by atoms with Crippen molar-refractivity contribution in [2.75, 3.05) is 0 Å². The minimum absolute atomic E-state index is 0.912. The second-order valence-electron chi connectivity index (χ2n) is 35.0. The van der Waals surface area contributed by atoms with Crippen LogP contribution < -0.4 is 0 Å². The Bertz CT molecular complexity index is 9110. The van der Waals surface area contributed by atoms with Gasteiger partial charge in [-0.05, 0) is 271 Å². The molecule has 3 nitrogen and oxygen atoms in total. The molecular weight excluding hydrogens is 1630 g/mol. The van der Waals surface area contributed by atoms with Gasteiger partial charge in [0, 0.05) is 32.3 Å². The first-order chi connectivity index (χ1) is 67.0. The lowest BCUT2D eigenvalue weighted by Gasteiger charge is -2.20. The van der Waals surface area contributed by atoms with Gasteiger partial charge in [-0.3, -0.25) is 0 Å². The highest BCUT2D eigenvalue weighted by atomic mass is 16.3. The van der Waals surface area contributed by atoms with Crippen LogP contribution in [0.1, 0.15) is 0 Å². The molecule has 27 aromatic rings. The van der Waals surface area contributed by atoms with Crippen LogP contribution in [0.2, 0.25) is 0 Å². The SMILES string of the molecule is c1ccc(-c2ccc(-c3c4ccccc4c(-c4ccccc4-c4ccc5oc6ccccc6c5c4)c4ccccc34)cc2)cc1.c1ccc(-c2cccc(-c3c4ccccc4c(-c4cccc(-c5ccc6oc7ccccc7c6c5)c4)c4ccccc34)c2)cc1.c1ccc(-c2cccc(-c3c4ccccc4c(-c4ccccc4-c4ccc5oc6ccccc6c5c4)c4ccccc34)c2)cc1. The highest BCUT2D eigenvalue weighted by molar-refractivity contribution is 6.26. The number of fused-ring (bicyclic) bond motifs is 15. The highest BCUT2D eigenvalue weighted by Crippen LogP contribution is 2.52. The lowest BCUT2D eigenvalue weighted by Crippen LogP contribution is -1.93. The van der Waals surface area contributed by atoms with E-state index in [1.165, 1.54) is 198 Å². The molecule has 0 N–H and O–H groups in total. The van der Waals surface area contributed by atoms with Crippen LogP contribution >= 0.6 is 0 Å². The molecule has 3 aromatic heterocycles. The van der Waals surface area contributed by atoms with Gasteiger partial charge in [0.05, 0.1) is 0 Å². The zero-order chi connectivity index (χ0) is 89.2. The van der Waals surface area contributed by atoms with Crippen LogP contribution in [0, 0.1) is 0 Å². The van der Waals surface area contributed by atoms with Gasteiger partial charge in [0.2, 0.25) is 0 Å². The van der Waals surface area contributed by atoms with Crippen molar-refractivity contribution < 1.29 is 13.3 Å². The predicted octanol–water partition coefficient (Wildman–Crippen LogP) is 37.7. The number of rotatable bonds is 12. The monoisotopic (exact) mass is 1720 g/mol. The average molecular weight is 1720 g/mol. The lowest BCUT2D eigenvalue weighted by atomic mass is 9.83. The molecule has 3 heterocycles. The molecule has 630 valence electrons. The summed E-state index contributed by atoms with van der Waals surface area (Å²) in [7, 11) is 0. The maximum Gasteiger partial charge on any atom is 0.135 e. The summed E-state index contributed by atoms with van der Waals surface area (Å²) in [4.78, 5) is 0. The summed E-state index contributed by atoms with van der Waals surface area (Å²) < 4.78 is 18.4. The first kappa shape index (κ1) is 79.4. The maximum absolute atomic E-state index is 6.17. The van der Waals surface area contributed by atoms with Crippen molar-refractivity contribution in [1.29, 1.82) is 0 Å². The van der Waals surface area contributed by atoms with Crippen LogP contribution in [0.5, 0.6) is 0 Å². The molecule has 0 aliphatic carbocycles. The molecule has 0 fully saturated rings. The van der Waals surface area contributed by atoms with Gasteiger partial charge in [-0.2, -0.15) is 0 Å². The normalized spacial score (nSPS) is 11.6. The van der Waals surface area contributed by atoms with E-state index < -0.39 is 0 Å². The van der Waals surface area contributed by atoms with E-state index in [1.807, 2.05) is 36.4 Å². The van der Waals surface area contributed by atoms with Crippen molar-refractivity contribution in [3.63, 3.8) is 0 Å². The van der Waals surface area contributed by atoms with E-state index in [0.29, 0.717) is 0 Å². The smallest absolute Gasteiger partial charge is 0.135 e. The Kier molecular flexibility index (Phi) is 20.0. The fraction of sp³-hybridized carbons (Fsp3) is 0. The third kappa shape index (κ3) is 14.3. The van der Waals surface area contributed by atoms with E-state index in [-0.39, 0.29) is 0 Å². The summed E-state index contributed by atoms with van der Waals surface area (Å²) in [5, 5.41) is 21.9. The van der Waals surface area contributed by atoms with Crippen molar-refractivity contribution in [3.8, 4) is 134 Å². The van der Waals surface area contributed by atoms with Crippen molar-refractivity contribution in [2.45, 2.75) is 0 Å². The second-order valence-corrected chi connectivity index (χ2v) is 35.0. The van der Waals surface area contributed by atoms with Gasteiger partial charge in [0.25, 0.3) is 0 Å². The predicted molar refractivity (Wildman–Crippen MR) is 571 cm³/mol. The van der Waals surface area contributed by atoms with Crippen LogP contribution in [-0.2, 0) is 0 Å². The molecule has 0 saturated heterocycles. The van der Waals surface area contributed by atoms with Crippen LogP contribution in [0.3, 0.4) is 0 Å². The number of benzene rings is 24. The second kappa shape index (κ2) is 33.9. The molecule has 135 heavy (non-hydrogen) atoms. The van der Waals surface area contributed by atoms with E-state index in [2.05, 4.69) is 473 Å². The summed E-state index contributed by atoms with van der Waals surface area (Å²) in [6.07, 6.45) is 0. The fourth-order valence-corrected chi connectivity index (χ4v) is 21.1. The minimum atomic E-state index is 0.912. The van der Waals surface area contributed by atoms with Crippen LogP contribution in [-0.4, -0.2) is 0 Å². The van der Waals surface area contributed by atoms with Crippen LogP contribution in [0.15, 0.2) is 523 Å². The summed E-state index contributed by atoms with van der Waals surface area (Å²) >= 11 is 0. The van der Waals surface area contributed by atoms with Gasteiger partial charge in [-0.25, -0.2) is 0 Å². The molecule has 0 bridgehead atoms. The van der Waals surface area contributed by atoms with Gasteiger partial charge in [0.15, 0.2) is 0 Å². The first-order valence-electron chi connectivity index (χ1n) is 46.3. The minimum Gasteiger partial charge on any atom is -0.456 e. The molecule has 0 aliphatic rings. The van der Waals surface area contributed by atoms with E-state index in [1.54, 1.807) is 0 Å². The van der Waals surface area contributed by atoms with Gasteiger partial charge in [-0.1, -0.05) is 437 Å². The molecule has 0 saturated carbocycles. The van der Waals surface area contributed by atoms with E-state index in [4.69, 9.17) is 13.3 Å². The number of hydrogen-bond acceptors (Lipinski definition) is 3. The molecule has 24 aromatic carbocycles.